The molecule has 0 amide bonds. The van der Waals surface area contributed by atoms with Crippen molar-refractivity contribution in [3.05, 3.63) is 70.6 Å². The van der Waals surface area contributed by atoms with Gasteiger partial charge in [-0.15, -0.1) is 11.3 Å². The molecule has 1 aliphatic heterocycles. The van der Waals surface area contributed by atoms with E-state index in [4.69, 9.17) is 9.15 Å². The minimum absolute atomic E-state index is 0.302. The molecule has 1 N–H and O–H groups in total. The van der Waals surface area contributed by atoms with Crippen LogP contribution in [-0.2, 0) is 13.2 Å². The highest BCUT2D eigenvalue weighted by atomic mass is 32.1. The zero-order valence-corrected chi connectivity index (χ0v) is 16.9. The molecule has 0 spiro atoms. The number of furan rings is 1. The second-order valence-corrected chi connectivity index (χ2v) is 7.89. The van der Waals surface area contributed by atoms with Crippen LogP contribution < -0.4 is 10.1 Å². The van der Waals surface area contributed by atoms with Crippen molar-refractivity contribution >= 4 is 11.3 Å². The number of rotatable bonds is 9. The first kappa shape index (κ1) is 19.2. The van der Waals surface area contributed by atoms with Crippen molar-refractivity contribution in [1.29, 1.82) is 0 Å². The molecular weight excluding hydrogens is 370 g/mol. The van der Waals surface area contributed by atoms with E-state index in [1.807, 2.05) is 29.1 Å². The van der Waals surface area contributed by atoms with Crippen LogP contribution in [0.4, 0.5) is 0 Å². The molecule has 3 aromatic rings. The normalized spacial score (nSPS) is 16.1. The van der Waals surface area contributed by atoms with Crippen LogP contribution in [0, 0.1) is 0 Å². The Kier molecular flexibility index (Phi) is 6.76. The molecule has 148 valence electrons. The fraction of sp³-hybridized carbons (Fsp3) is 0.409. The van der Waals surface area contributed by atoms with E-state index in [0.29, 0.717) is 12.6 Å². The molecule has 4 rings (SSSR count). The molecule has 1 saturated heterocycles. The van der Waals surface area contributed by atoms with Crippen LogP contribution in [0.25, 0.3) is 0 Å². The lowest BCUT2D eigenvalue weighted by Crippen LogP contribution is -2.38. The molecule has 0 aliphatic carbocycles. The molecule has 0 bridgehead atoms. The largest absolute Gasteiger partial charge is 0.487 e. The summed E-state index contributed by atoms with van der Waals surface area (Å²) in [4.78, 5) is 6.78. The Morgan fingerprint density at radius 1 is 1.14 bits per heavy atom. The van der Waals surface area contributed by atoms with E-state index in [1.54, 1.807) is 17.6 Å². The second kappa shape index (κ2) is 9.87. The summed E-state index contributed by atoms with van der Waals surface area (Å²) in [7, 11) is 0. The number of ether oxygens (including phenoxy) is 1. The Hall–Kier alpha value is -2.15. The maximum atomic E-state index is 5.78. The van der Waals surface area contributed by atoms with Crippen LogP contribution in [-0.4, -0.2) is 29.5 Å². The second-order valence-electron chi connectivity index (χ2n) is 7.17. The van der Waals surface area contributed by atoms with E-state index in [-0.39, 0.29) is 0 Å². The van der Waals surface area contributed by atoms with Crippen molar-refractivity contribution in [1.82, 2.24) is 15.2 Å². The molecule has 28 heavy (non-hydrogen) atoms. The monoisotopic (exact) mass is 397 g/mol. The zero-order valence-electron chi connectivity index (χ0n) is 16.0. The summed E-state index contributed by atoms with van der Waals surface area (Å²) < 4.78 is 11.5. The third-order valence-electron chi connectivity index (χ3n) is 5.16. The molecule has 1 aliphatic rings. The SMILES string of the molecule is c1coc(C(CNCc2ccc(OCc3cscn3)cc2)N2CCCCC2)c1. The fourth-order valence-corrected chi connectivity index (χ4v) is 4.19. The molecule has 1 fully saturated rings. The number of hydrogen-bond acceptors (Lipinski definition) is 6. The van der Waals surface area contributed by atoms with Crippen LogP contribution in [0.3, 0.4) is 0 Å². The summed E-state index contributed by atoms with van der Waals surface area (Å²) in [5.74, 6) is 1.93. The van der Waals surface area contributed by atoms with Gasteiger partial charge in [0.2, 0.25) is 0 Å². The number of likely N-dealkylation sites (tertiary alicyclic amines) is 1. The molecular formula is C22H27N3O2S. The van der Waals surface area contributed by atoms with E-state index in [0.717, 1.165) is 43.4 Å². The van der Waals surface area contributed by atoms with Crippen LogP contribution in [0.15, 0.2) is 58.0 Å². The fourth-order valence-electron chi connectivity index (χ4n) is 3.64. The van der Waals surface area contributed by atoms with Gasteiger partial charge >= 0.3 is 0 Å². The molecule has 2 aromatic heterocycles. The van der Waals surface area contributed by atoms with Crippen LogP contribution in [0.5, 0.6) is 5.75 Å². The maximum absolute atomic E-state index is 5.78. The Labute approximate surface area is 170 Å². The summed E-state index contributed by atoms with van der Waals surface area (Å²) in [5.41, 5.74) is 4.04. The average Bonchev–Trinajstić information content (AvgIpc) is 3.45. The van der Waals surface area contributed by atoms with Gasteiger partial charge in [-0.1, -0.05) is 18.6 Å². The van der Waals surface area contributed by atoms with Crippen molar-refractivity contribution in [2.45, 2.75) is 38.5 Å². The van der Waals surface area contributed by atoms with Crippen molar-refractivity contribution in [2.75, 3.05) is 19.6 Å². The molecule has 6 heteroatoms. The van der Waals surface area contributed by atoms with Gasteiger partial charge in [-0.2, -0.15) is 0 Å². The van der Waals surface area contributed by atoms with Crippen molar-refractivity contribution < 1.29 is 9.15 Å². The van der Waals surface area contributed by atoms with Crippen LogP contribution >= 0.6 is 11.3 Å². The number of aromatic nitrogens is 1. The van der Waals surface area contributed by atoms with Gasteiger partial charge in [0.05, 0.1) is 23.5 Å². The minimum atomic E-state index is 0.302. The molecule has 1 aromatic carbocycles. The number of benzene rings is 1. The molecule has 5 nitrogen and oxygen atoms in total. The van der Waals surface area contributed by atoms with Gasteiger partial charge in [0, 0.05) is 18.5 Å². The van der Waals surface area contributed by atoms with Crippen LogP contribution in [0.2, 0.25) is 0 Å². The maximum Gasteiger partial charge on any atom is 0.131 e. The van der Waals surface area contributed by atoms with E-state index in [2.05, 4.69) is 33.4 Å². The highest BCUT2D eigenvalue weighted by Crippen LogP contribution is 2.24. The summed E-state index contributed by atoms with van der Waals surface area (Å²) in [6.07, 6.45) is 5.67. The highest BCUT2D eigenvalue weighted by Gasteiger charge is 2.23. The average molecular weight is 398 g/mol. The number of thiazole rings is 1. The van der Waals surface area contributed by atoms with Crippen molar-refractivity contribution in [2.24, 2.45) is 0 Å². The van der Waals surface area contributed by atoms with Gasteiger partial charge in [0.1, 0.15) is 18.1 Å². The van der Waals surface area contributed by atoms with Crippen LogP contribution in [0.1, 0.15) is 42.3 Å². The predicted octanol–water partition coefficient (Wildman–Crippen LogP) is 4.63. The van der Waals surface area contributed by atoms with Crippen molar-refractivity contribution in [3.8, 4) is 5.75 Å². The molecule has 0 saturated carbocycles. The first-order valence-electron chi connectivity index (χ1n) is 9.95. The van der Waals surface area contributed by atoms with Gasteiger partial charge in [-0.3, -0.25) is 4.90 Å². The van der Waals surface area contributed by atoms with Gasteiger partial charge < -0.3 is 14.5 Å². The topological polar surface area (TPSA) is 50.5 Å². The Morgan fingerprint density at radius 2 is 2.00 bits per heavy atom. The first-order chi connectivity index (χ1) is 13.9. The lowest BCUT2D eigenvalue weighted by Gasteiger charge is -2.33. The number of piperidine rings is 1. The van der Waals surface area contributed by atoms with Gasteiger partial charge in [0.15, 0.2) is 0 Å². The smallest absolute Gasteiger partial charge is 0.131 e. The highest BCUT2D eigenvalue weighted by molar-refractivity contribution is 7.07. The molecule has 1 atom stereocenters. The number of nitrogens with zero attached hydrogens (tertiary/aromatic N) is 2. The van der Waals surface area contributed by atoms with Gasteiger partial charge in [-0.25, -0.2) is 4.98 Å². The van der Waals surface area contributed by atoms with E-state index in [9.17, 15) is 0 Å². The summed E-state index contributed by atoms with van der Waals surface area (Å²) in [5, 5.41) is 5.62. The quantitative estimate of drug-likeness (QED) is 0.570. The molecule has 1 unspecified atom stereocenters. The lowest BCUT2D eigenvalue weighted by atomic mass is 10.1. The van der Waals surface area contributed by atoms with E-state index in [1.165, 1.54) is 24.8 Å². The number of hydrogen-bond donors (Lipinski definition) is 1. The number of nitrogens with one attached hydrogen (secondary N) is 1. The third-order valence-corrected chi connectivity index (χ3v) is 5.80. The summed E-state index contributed by atoms with van der Waals surface area (Å²) in [6.45, 7) is 4.53. The Bertz CT molecular complexity index is 797. The van der Waals surface area contributed by atoms with E-state index >= 15 is 0 Å². The summed E-state index contributed by atoms with van der Waals surface area (Å²) in [6, 6.07) is 12.7. The Balaban J connectivity index is 1.28. The van der Waals surface area contributed by atoms with E-state index < -0.39 is 0 Å². The van der Waals surface area contributed by atoms with Gasteiger partial charge in [-0.05, 0) is 55.8 Å². The zero-order chi connectivity index (χ0) is 19.0. The van der Waals surface area contributed by atoms with Gasteiger partial charge in [0.25, 0.3) is 0 Å². The predicted molar refractivity (Wildman–Crippen MR) is 111 cm³/mol. The minimum Gasteiger partial charge on any atom is -0.487 e. The molecule has 3 heterocycles. The summed E-state index contributed by atoms with van der Waals surface area (Å²) >= 11 is 1.59. The standard InChI is InChI=1S/C22H27N3O2S/c1-2-10-25(11-3-1)21(22-5-4-12-26-22)14-23-13-18-6-8-20(9-7-18)27-15-19-16-28-17-24-19/h4-9,12,16-17,21,23H,1-3,10-11,13-15H2. The lowest BCUT2D eigenvalue weighted by molar-refractivity contribution is 0.142. The van der Waals surface area contributed by atoms with Crippen molar-refractivity contribution in [3.63, 3.8) is 0 Å². The first-order valence-corrected chi connectivity index (χ1v) is 10.9. The Morgan fingerprint density at radius 3 is 2.71 bits per heavy atom. The molecule has 0 radical (unpaired) electrons. The third kappa shape index (κ3) is 5.22.